The molecule has 0 spiro atoms. The standard InChI is InChI=1S/C18H17FO3/c1-21-16-9-5-8-14-15(20)11-18(19,12-22-17(14)16)10-13-6-3-2-4-7-13/h2-9H,10-12H2,1H3. The number of rotatable bonds is 3. The normalized spacial score (nSPS) is 20.7. The summed E-state index contributed by atoms with van der Waals surface area (Å²) in [6.45, 7) is -0.166. The Bertz CT molecular complexity index is 684. The number of para-hydroxylation sites is 1. The second-order valence-corrected chi connectivity index (χ2v) is 5.54. The highest BCUT2D eigenvalue weighted by Gasteiger charge is 2.38. The highest BCUT2D eigenvalue weighted by atomic mass is 19.1. The Morgan fingerprint density at radius 3 is 2.68 bits per heavy atom. The van der Waals surface area contributed by atoms with Gasteiger partial charge < -0.3 is 9.47 Å². The lowest BCUT2D eigenvalue weighted by Gasteiger charge is -2.22. The molecule has 22 heavy (non-hydrogen) atoms. The fourth-order valence-corrected chi connectivity index (χ4v) is 2.76. The molecular formula is C18H17FO3. The number of methoxy groups -OCH3 is 1. The predicted molar refractivity (Wildman–Crippen MR) is 81.4 cm³/mol. The molecule has 0 saturated heterocycles. The van der Waals surface area contributed by atoms with Gasteiger partial charge in [-0.15, -0.1) is 0 Å². The number of fused-ring (bicyclic) bond motifs is 1. The Balaban J connectivity index is 1.89. The van der Waals surface area contributed by atoms with E-state index in [1.807, 2.05) is 30.3 Å². The van der Waals surface area contributed by atoms with Crippen LogP contribution in [0.25, 0.3) is 0 Å². The van der Waals surface area contributed by atoms with Gasteiger partial charge in [0.1, 0.15) is 6.61 Å². The smallest absolute Gasteiger partial charge is 0.172 e. The summed E-state index contributed by atoms with van der Waals surface area (Å²) in [4.78, 5) is 12.4. The number of Topliss-reactive ketones (excluding diaryl/α,β-unsaturated/α-hetero) is 1. The monoisotopic (exact) mass is 300 g/mol. The lowest BCUT2D eigenvalue weighted by atomic mass is 9.90. The van der Waals surface area contributed by atoms with Gasteiger partial charge in [-0.25, -0.2) is 4.39 Å². The molecule has 2 aromatic rings. The molecule has 1 heterocycles. The van der Waals surface area contributed by atoms with Crippen LogP contribution >= 0.6 is 0 Å². The molecule has 2 aromatic carbocycles. The van der Waals surface area contributed by atoms with E-state index in [4.69, 9.17) is 9.47 Å². The van der Waals surface area contributed by atoms with Crippen LogP contribution in [0.1, 0.15) is 22.3 Å². The molecule has 3 rings (SSSR count). The Hall–Kier alpha value is -2.36. The fourth-order valence-electron chi connectivity index (χ4n) is 2.76. The first kappa shape index (κ1) is 14.6. The van der Waals surface area contributed by atoms with Gasteiger partial charge in [-0.2, -0.15) is 0 Å². The van der Waals surface area contributed by atoms with Crippen LogP contribution in [0.15, 0.2) is 48.5 Å². The average Bonchev–Trinajstić information content (AvgIpc) is 2.65. The van der Waals surface area contributed by atoms with Crippen LogP contribution in [0.4, 0.5) is 4.39 Å². The van der Waals surface area contributed by atoms with Crippen LogP contribution < -0.4 is 9.47 Å². The van der Waals surface area contributed by atoms with Gasteiger partial charge in [0.05, 0.1) is 12.7 Å². The van der Waals surface area contributed by atoms with Gasteiger partial charge in [-0.05, 0) is 17.7 Å². The molecular weight excluding hydrogens is 283 g/mol. The van der Waals surface area contributed by atoms with Crippen LogP contribution in [0, 0.1) is 0 Å². The number of ether oxygens (including phenoxy) is 2. The molecule has 0 radical (unpaired) electrons. The van der Waals surface area contributed by atoms with Crippen LogP contribution in [-0.4, -0.2) is 25.2 Å². The summed E-state index contributed by atoms with van der Waals surface area (Å²) in [5.74, 6) is 0.530. The third-order valence-electron chi connectivity index (χ3n) is 3.82. The fraction of sp³-hybridized carbons (Fsp3) is 0.278. The van der Waals surface area contributed by atoms with Crippen molar-refractivity contribution in [3.63, 3.8) is 0 Å². The summed E-state index contributed by atoms with van der Waals surface area (Å²) in [7, 11) is 1.50. The summed E-state index contributed by atoms with van der Waals surface area (Å²) in [5.41, 5.74) is -0.492. The van der Waals surface area contributed by atoms with Gasteiger partial charge in [-0.1, -0.05) is 36.4 Å². The second kappa shape index (κ2) is 5.79. The number of carbonyl (C=O) groups is 1. The van der Waals surface area contributed by atoms with Crippen LogP contribution in [0.5, 0.6) is 11.5 Å². The maximum absolute atomic E-state index is 15.2. The number of ketones is 1. The lowest BCUT2D eigenvalue weighted by molar-refractivity contribution is 0.0682. The topological polar surface area (TPSA) is 35.5 Å². The van der Waals surface area contributed by atoms with E-state index in [-0.39, 0.29) is 25.2 Å². The van der Waals surface area contributed by atoms with Crippen LogP contribution in [0.2, 0.25) is 0 Å². The summed E-state index contributed by atoms with van der Waals surface area (Å²) in [6, 6.07) is 14.4. The first-order chi connectivity index (χ1) is 10.6. The molecule has 0 aliphatic carbocycles. The van der Waals surface area contributed by atoms with E-state index in [9.17, 15) is 4.79 Å². The van der Waals surface area contributed by atoms with Crippen molar-refractivity contribution in [3.8, 4) is 11.5 Å². The van der Waals surface area contributed by atoms with Crippen molar-refractivity contribution in [3.05, 3.63) is 59.7 Å². The first-order valence-electron chi connectivity index (χ1n) is 7.17. The van der Waals surface area contributed by atoms with Crippen molar-refractivity contribution < 1.29 is 18.7 Å². The Labute approximate surface area is 128 Å². The number of halogens is 1. The molecule has 0 bridgehead atoms. The van der Waals surface area contributed by atoms with Gasteiger partial charge in [-0.3, -0.25) is 4.79 Å². The van der Waals surface area contributed by atoms with Crippen molar-refractivity contribution in [2.24, 2.45) is 0 Å². The maximum Gasteiger partial charge on any atom is 0.172 e. The molecule has 0 aromatic heterocycles. The number of hydrogen-bond donors (Lipinski definition) is 0. The first-order valence-corrected chi connectivity index (χ1v) is 7.17. The molecule has 1 aliphatic heterocycles. The lowest BCUT2D eigenvalue weighted by Crippen LogP contribution is -2.34. The van der Waals surface area contributed by atoms with Gasteiger partial charge in [0, 0.05) is 12.8 Å². The molecule has 3 nitrogen and oxygen atoms in total. The molecule has 0 amide bonds. The number of carbonyl (C=O) groups excluding carboxylic acids is 1. The molecule has 0 saturated carbocycles. The Kier molecular flexibility index (Phi) is 3.84. The van der Waals surface area contributed by atoms with Gasteiger partial charge >= 0.3 is 0 Å². The quantitative estimate of drug-likeness (QED) is 0.868. The van der Waals surface area contributed by atoms with Crippen LogP contribution in [-0.2, 0) is 6.42 Å². The summed E-state index contributed by atoms with van der Waals surface area (Å²) < 4.78 is 26.0. The van der Waals surface area contributed by atoms with Crippen molar-refractivity contribution in [1.82, 2.24) is 0 Å². The van der Waals surface area contributed by atoms with E-state index in [0.717, 1.165) is 5.56 Å². The molecule has 114 valence electrons. The van der Waals surface area contributed by atoms with E-state index in [0.29, 0.717) is 17.1 Å². The molecule has 1 aliphatic rings. The van der Waals surface area contributed by atoms with Crippen molar-refractivity contribution in [1.29, 1.82) is 0 Å². The van der Waals surface area contributed by atoms with E-state index >= 15 is 4.39 Å². The summed E-state index contributed by atoms with van der Waals surface area (Å²) in [6.07, 6.45) is -0.0437. The average molecular weight is 300 g/mol. The van der Waals surface area contributed by atoms with E-state index in [1.54, 1.807) is 18.2 Å². The molecule has 1 atom stereocenters. The summed E-state index contributed by atoms with van der Waals surface area (Å²) >= 11 is 0. The van der Waals surface area contributed by atoms with Crippen LogP contribution in [0.3, 0.4) is 0 Å². The Morgan fingerprint density at radius 1 is 1.18 bits per heavy atom. The van der Waals surface area contributed by atoms with Crippen molar-refractivity contribution in [2.45, 2.75) is 18.5 Å². The van der Waals surface area contributed by atoms with Gasteiger partial charge in [0.2, 0.25) is 0 Å². The Morgan fingerprint density at radius 2 is 1.95 bits per heavy atom. The zero-order valence-electron chi connectivity index (χ0n) is 12.3. The number of alkyl halides is 1. The summed E-state index contributed by atoms with van der Waals surface area (Å²) in [5, 5.41) is 0. The van der Waals surface area contributed by atoms with Crippen molar-refractivity contribution >= 4 is 5.78 Å². The van der Waals surface area contributed by atoms with E-state index in [2.05, 4.69) is 0 Å². The minimum Gasteiger partial charge on any atom is -0.493 e. The van der Waals surface area contributed by atoms with Crippen molar-refractivity contribution in [2.75, 3.05) is 13.7 Å². The van der Waals surface area contributed by atoms with Gasteiger partial charge in [0.25, 0.3) is 0 Å². The second-order valence-electron chi connectivity index (χ2n) is 5.54. The third-order valence-corrected chi connectivity index (χ3v) is 3.82. The largest absolute Gasteiger partial charge is 0.493 e. The molecule has 1 unspecified atom stereocenters. The molecule has 0 fully saturated rings. The zero-order valence-corrected chi connectivity index (χ0v) is 12.3. The third kappa shape index (κ3) is 2.82. The highest BCUT2D eigenvalue weighted by molar-refractivity contribution is 6.00. The van der Waals surface area contributed by atoms with E-state index < -0.39 is 5.67 Å². The minimum atomic E-state index is -1.72. The predicted octanol–water partition coefficient (Wildman–Crippen LogP) is 3.61. The molecule has 0 N–H and O–H groups in total. The number of hydrogen-bond acceptors (Lipinski definition) is 3. The molecule has 4 heteroatoms. The SMILES string of the molecule is COc1cccc2c1OCC(F)(Cc1ccccc1)CC2=O. The minimum absolute atomic E-state index is 0.149. The number of benzene rings is 2. The maximum atomic E-state index is 15.2. The highest BCUT2D eigenvalue weighted by Crippen LogP contribution is 2.38. The van der Waals surface area contributed by atoms with E-state index in [1.165, 1.54) is 7.11 Å². The zero-order chi connectivity index (χ0) is 15.6. The van der Waals surface area contributed by atoms with Gasteiger partial charge in [0.15, 0.2) is 23.0 Å².